The first kappa shape index (κ1) is 14.6. The Bertz CT molecular complexity index is 319. The second kappa shape index (κ2) is 7.04. The van der Waals surface area contributed by atoms with E-state index in [0.29, 0.717) is 5.25 Å². The molecule has 4 N–H and O–H groups in total. The molecule has 0 saturated heterocycles. The Morgan fingerprint density at radius 1 is 1.00 bits per heavy atom. The van der Waals surface area contributed by atoms with E-state index >= 15 is 0 Å². The molecular formula is C14H24N2S. The van der Waals surface area contributed by atoms with Crippen molar-refractivity contribution >= 4 is 11.8 Å². The summed E-state index contributed by atoms with van der Waals surface area (Å²) in [5, 5.41) is 0.618. The molecule has 2 nitrogen and oxygen atoms in total. The largest absolute Gasteiger partial charge is 0.328 e. The maximum Gasteiger partial charge on any atom is 0.0295 e. The molecule has 2 unspecified atom stereocenters. The highest BCUT2D eigenvalue weighted by molar-refractivity contribution is 7.99. The van der Waals surface area contributed by atoms with Crippen molar-refractivity contribution in [2.75, 3.05) is 0 Å². The molecule has 3 heteroatoms. The smallest absolute Gasteiger partial charge is 0.0295 e. The summed E-state index contributed by atoms with van der Waals surface area (Å²) in [5.41, 5.74) is 13.1. The zero-order valence-corrected chi connectivity index (χ0v) is 11.8. The second-order valence-corrected chi connectivity index (χ2v) is 6.55. The van der Waals surface area contributed by atoms with Crippen LogP contribution in [0.25, 0.3) is 0 Å². The highest BCUT2D eigenvalue weighted by Crippen LogP contribution is 2.25. The molecule has 0 aromatic heterocycles. The number of thioether (sulfide) groups is 1. The fourth-order valence-corrected chi connectivity index (χ4v) is 2.51. The van der Waals surface area contributed by atoms with E-state index in [-0.39, 0.29) is 12.1 Å². The van der Waals surface area contributed by atoms with Gasteiger partial charge in [-0.25, -0.2) is 0 Å². The van der Waals surface area contributed by atoms with E-state index in [4.69, 9.17) is 11.5 Å². The Morgan fingerprint density at radius 3 is 2.06 bits per heavy atom. The summed E-state index contributed by atoms with van der Waals surface area (Å²) in [4.78, 5) is 1.31. The van der Waals surface area contributed by atoms with Crippen molar-refractivity contribution < 1.29 is 0 Å². The van der Waals surface area contributed by atoms with Crippen molar-refractivity contribution in [3.63, 3.8) is 0 Å². The lowest BCUT2D eigenvalue weighted by Gasteiger charge is -2.14. The van der Waals surface area contributed by atoms with Crippen molar-refractivity contribution in [1.29, 1.82) is 0 Å². The van der Waals surface area contributed by atoms with Gasteiger partial charge in [0.05, 0.1) is 0 Å². The molecule has 0 radical (unpaired) electrons. The highest BCUT2D eigenvalue weighted by Gasteiger charge is 2.07. The lowest BCUT2D eigenvalue weighted by Crippen LogP contribution is -2.18. The van der Waals surface area contributed by atoms with Gasteiger partial charge in [-0.15, -0.1) is 11.8 Å². The van der Waals surface area contributed by atoms with Gasteiger partial charge in [0, 0.05) is 22.2 Å². The molecule has 0 saturated carbocycles. The molecule has 0 aliphatic heterocycles. The normalized spacial score (nSPS) is 14.9. The van der Waals surface area contributed by atoms with Gasteiger partial charge in [0.25, 0.3) is 0 Å². The van der Waals surface area contributed by atoms with Gasteiger partial charge in [-0.2, -0.15) is 0 Å². The van der Waals surface area contributed by atoms with Crippen molar-refractivity contribution in [3.05, 3.63) is 29.8 Å². The Kier molecular flexibility index (Phi) is 6.03. The van der Waals surface area contributed by atoms with E-state index in [2.05, 4.69) is 38.1 Å². The van der Waals surface area contributed by atoms with Crippen LogP contribution in [0.4, 0.5) is 0 Å². The van der Waals surface area contributed by atoms with Crippen LogP contribution in [0.1, 0.15) is 45.2 Å². The van der Waals surface area contributed by atoms with Crippen LogP contribution < -0.4 is 11.5 Å². The average Bonchev–Trinajstić information content (AvgIpc) is 2.26. The van der Waals surface area contributed by atoms with Gasteiger partial charge in [-0.3, -0.25) is 0 Å². The quantitative estimate of drug-likeness (QED) is 0.764. The van der Waals surface area contributed by atoms with Crippen molar-refractivity contribution in [1.82, 2.24) is 0 Å². The first-order chi connectivity index (χ1) is 7.99. The molecule has 96 valence electrons. The zero-order chi connectivity index (χ0) is 12.8. The van der Waals surface area contributed by atoms with Crippen LogP contribution in [0, 0.1) is 0 Å². The molecule has 0 fully saturated rings. The minimum atomic E-state index is 0.110. The Labute approximate surface area is 109 Å². The van der Waals surface area contributed by atoms with Crippen LogP contribution in [0.15, 0.2) is 29.2 Å². The zero-order valence-electron chi connectivity index (χ0n) is 11.0. The van der Waals surface area contributed by atoms with Gasteiger partial charge in [0.2, 0.25) is 0 Å². The summed E-state index contributed by atoms with van der Waals surface area (Å²) in [7, 11) is 0. The van der Waals surface area contributed by atoms with Crippen LogP contribution in [-0.2, 0) is 0 Å². The summed E-state index contributed by atoms with van der Waals surface area (Å²) in [6.07, 6.45) is 1.93. The van der Waals surface area contributed by atoms with Gasteiger partial charge in [0.1, 0.15) is 0 Å². The van der Waals surface area contributed by atoms with Crippen molar-refractivity contribution in [2.45, 2.75) is 55.8 Å². The fourth-order valence-electron chi connectivity index (χ4n) is 1.67. The van der Waals surface area contributed by atoms with Gasteiger partial charge >= 0.3 is 0 Å². The number of benzene rings is 1. The average molecular weight is 252 g/mol. The van der Waals surface area contributed by atoms with Crippen LogP contribution in [0.3, 0.4) is 0 Å². The topological polar surface area (TPSA) is 52.0 Å². The Balaban J connectivity index is 2.54. The van der Waals surface area contributed by atoms with Crippen LogP contribution in [0.5, 0.6) is 0 Å². The van der Waals surface area contributed by atoms with Crippen LogP contribution in [-0.4, -0.2) is 11.3 Å². The molecule has 0 heterocycles. The number of hydrogen-bond donors (Lipinski definition) is 2. The maximum atomic E-state index is 6.13. The summed E-state index contributed by atoms with van der Waals surface area (Å²) in [6, 6.07) is 8.93. The molecule has 0 bridgehead atoms. The van der Waals surface area contributed by atoms with E-state index in [1.54, 1.807) is 0 Å². The summed E-state index contributed by atoms with van der Waals surface area (Å²) in [6.45, 7) is 6.43. The molecule has 1 aromatic carbocycles. The Morgan fingerprint density at radius 2 is 1.59 bits per heavy atom. The van der Waals surface area contributed by atoms with Crippen molar-refractivity contribution in [3.8, 4) is 0 Å². The summed E-state index contributed by atoms with van der Waals surface area (Å²) in [5.74, 6) is 0. The lowest BCUT2D eigenvalue weighted by atomic mass is 10.0. The van der Waals surface area contributed by atoms with E-state index in [9.17, 15) is 0 Å². The minimum absolute atomic E-state index is 0.110. The third-order valence-corrected chi connectivity index (χ3v) is 3.63. The third kappa shape index (κ3) is 5.57. The molecule has 0 spiro atoms. The molecule has 0 aliphatic carbocycles. The first-order valence-corrected chi connectivity index (χ1v) is 7.14. The molecular weight excluding hydrogens is 228 g/mol. The maximum absolute atomic E-state index is 6.13. The van der Waals surface area contributed by atoms with E-state index in [1.165, 1.54) is 10.5 Å². The summed E-state index contributed by atoms with van der Waals surface area (Å²) >= 11 is 1.88. The monoisotopic (exact) mass is 252 g/mol. The van der Waals surface area contributed by atoms with Crippen LogP contribution in [0.2, 0.25) is 0 Å². The first-order valence-electron chi connectivity index (χ1n) is 6.27. The summed E-state index contributed by atoms with van der Waals surface area (Å²) < 4.78 is 0. The van der Waals surface area contributed by atoms with E-state index in [1.807, 2.05) is 18.7 Å². The molecule has 1 aromatic rings. The molecule has 0 aliphatic rings. The van der Waals surface area contributed by atoms with Crippen molar-refractivity contribution in [2.24, 2.45) is 11.5 Å². The van der Waals surface area contributed by atoms with Gasteiger partial charge in [-0.1, -0.05) is 26.0 Å². The SMILES string of the molecule is CC(N)CCC(N)c1ccc(SC(C)C)cc1. The molecule has 2 atom stereocenters. The van der Waals surface area contributed by atoms with E-state index in [0.717, 1.165) is 12.8 Å². The second-order valence-electron chi connectivity index (χ2n) is 4.90. The van der Waals surface area contributed by atoms with Crippen LogP contribution >= 0.6 is 11.8 Å². The van der Waals surface area contributed by atoms with Gasteiger partial charge in [0.15, 0.2) is 0 Å². The molecule has 17 heavy (non-hydrogen) atoms. The Hall–Kier alpha value is -0.510. The van der Waals surface area contributed by atoms with E-state index < -0.39 is 0 Å². The molecule has 0 amide bonds. The van der Waals surface area contributed by atoms with Gasteiger partial charge < -0.3 is 11.5 Å². The van der Waals surface area contributed by atoms with Gasteiger partial charge in [-0.05, 0) is 37.5 Å². The number of nitrogens with two attached hydrogens (primary N) is 2. The number of rotatable bonds is 6. The highest BCUT2D eigenvalue weighted by atomic mass is 32.2. The predicted octanol–water partition coefficient (Wildman–Crippen LogP) is 3.31. The standard InChI is InChI=1S/C14H24N2S/c1-10(2)17-13-7-5-12(6-8-13)14(16)9-4-11(3)15/h5-8,10-11,14H,4,9,15-16H2,1-3H3. The fraction of sp³-hybridized carbons (Fsp3) is 0.571. The molecule has 1 rings (SSSR count). The lowest BCUT2D eigenvalue weighted by molar-refractivity contribution is 0.555. The predicted molar refractivity (Wildman–Crippen MR) is 77.2 cm³/mol. The third-order valence-electron chi connectivity index (χ3n) is 2.61. The number of hydrogen-bond acceptors (Lipinski definition) is 3. The minimum Gasteiger partial charge on any atom is -0.328 e.